The maximum Gasteiger partial charge on any atom is 0.248 e. The van der Waals surface area contributed by atoms with Gasteiger partial charge in [0.15, 0.2) is 0 Å². The molecule has 7 heteroatoms. The summed E-state index contributed by atoms with van der Waals surface area (Å²) >= 11 is 0. The van der Waals surface area contributed by atoms with E-state index in [-0.39, 0.29) is 5.92 Å². The van der Waals surface area contributed by atoms with Crippen molar-refractivity contribution in [3.63, 3.8) is 0 Å². The molecule has 1 heterocycles. The van der Waals surface area contributed by atoms with Gasteiger partial charge in [0.05, 0.1) is 11.2 Å². The van der Waals surface area contributed by atoms with Crippen molar-refractivity contribution in [2.24, 2.45) is 11.8 Å². The molecule has 2 aliphatic rings. The van der Waals surface area contributed by atoms with Crippen LogP contribution in [-0.4, -0.2) is 35.6 Å². The third-order valence-electron chi connectivity index (χ3n) is 6.75. The first-order valence-corrected chi connectivity index (χ1v) is 12.3. The molecule has 1 aromatic rings. The monoisotopic (exact) mass is 422 g/mol. The van der Waals surface area contributed by atoms with Gasteiger partial charge in [0.1, 0.15) is 0 Å². The van der Waals surface area contributed by atoms with E-state index in [4.69, 9.17) is 5.21 Å². The van der Waals surface area contributed by atoms with Crippen molar-refractivity contribution in [2.75, 3.05) is 6.54 Å². The van der Waals surface area contributed by atoms with Crippen molar-refractivity contribution in [3.8, 4) is 0 Å². The predicted molar refractivity (Wildman–Crippen MR) is 113 cm³/mol. The molecule has 1 amide bonds. The molecule has 3 rings (SSSR count). The highest BCUT2D eigenvalue weighted by atomic mass is 32.2. The average molecular weight is 423 g/mol. The minimum atomic E-state index is -3.67. The van der Waals surface area contributed by atoms with Gasteiger partial charge in [0.2, 0.25) is 15.9 Å². The first-order chi connectivity index (χ1) is 13.8. The highest BCUT2D eigenvalue weighted by Gasteiger charge is 2.40. The van der Waals surface area contributed by atoms with E-state index < -0.39 is 27.1 Å². The number of benzene rings is 1. The lowest BCUT2D eigenvalue weighted by atomic mass is 9.82. The normalized spacial score (nSPS) is 20.9. The number of hydroxylamine groups is 1. The zero-order chi connectivity index (χ0) is 21.2. The van der Waals surface area contributed by atoms with Crippen molar-refractivity contribution in [3.05, 3.63) is 34.9 Å². The molecule has 1 aromatic carbocycles. The molecule has 2 unspecified atom stereocenters. The number of carbonyl (C=O) groups excluding carboxylic acids is 1. The van der Waals surface area contributed by atoms with Gasteiger partial charge in [0, 0.05) is 13.1 Å². The Kier molecular flexibility index (Phi) is 7.02. The van der Waals surface area contributed by atoms with E-state index >= 15 is 0 Å². The highest BCUT2D eigenvalue weighted by molar-refractivity contribution is 7.89. The summed E-state index contributed by atoms with van der Waals surface area (Å²) in [6.45, 7) is 5.93. The van der Waals surface area contributed by atoms with Crippen LogP contribution in [-0.2, 0) is 27.8 Å². The van der Waals surface area contributed by atoms with Gasteiger partial charge in [-0.3, -0.25) is 10.0 Å². The number of amides is 1. The standard InChI is InChI=1S/C22H34N2O4S/c1-15(2)21(22(25)23-26)16(3)29(27,28)24-12-11-19-13-18(9-10-20(19)14-24)17-7-5-4-6-8-17/h9-10,13,15-17,21,26H,4-8,11-12,14H2,1-3H3,(H,23,25). The third-order valence-corrected chi connectivity index (χ3v) is 9.02. The molecule has 1 aliphatic heterocycles. The van der Waals surface area contributed by atoms with Gasteiger partial charge in [-0.25, -0.2) is 13.9 Å². The molecule has 0 saturated heterocycles. The van der Waals surface area contributed by atoms with E-state index in [1.165, 1.54) is 47.5 Å². The number of hydrogen-bond donors (Lipinski definition) is 2. The predicted octanol–water partition coefficient (Wildman–Crippen LogP) is 3.59. The van der Waals surface area contributed by atoms with Crippen LogP contribution in [0.3, 0.4) is 0 Å². The molecule has 1 aliphatic carbocycles. The molecule has 2 atom stereocenters. The number of rotatable bonds is 6. The molecule has 1 saturated carbocycles. The van der Waals surface area contributed by atoms with E-state index in [9.17, 15) is 13.2 Å². The van der Waals surface area contributed by atoms with Crippen LogP contribution in [0.1, 0.15) is 75.5 Å². The number of hydrogen-bond acceptors (Lipinski definition) is 4. The lowest BCUT2D eigenvalue weighted by molar-refractivity contribution is -0.134. The van der Waals surface area contributed by atoms with Crippen LogP contribution in [0.4, 0.5) is 0 Å². The highest BCUT2D eigenvalue weighted by Crippen LogP contribution is 2.35. The SMILES string of the molecule is CC(C)C(C(=O)NO)C(C)S(=O)(=O)N1CCc2cc(C3CCCCC3)ccc2C1. The summed E-state index contributed by atoms with van der Waals surface area (Å²) in [6.07, 6.45) is 7.12. The van der Waals surface area contributed by atoms with E-state index in [0.29, 0.717) is 25.4 Å². The summed E-state index contributed by atoms with van der Waals surface area (Å²) in [5.74, 6) is -1.02. The lowest BCUT2D eigenvalue weighted by Crippen LogP contribution is -2.48. The molecule has 0 aromatic heterocycles. The van der Waals surface area contributed by atoms with Gasteiger partial charge < -0.3 is 0 Å². The van der Waals surface area contributed by atoms with E-state index in [2.05, 4.69) is 18.2 Å². The summed E-state index contributed by atoms with van der Waals surface area (Å²) in [5.41, 5.74) is 5.33. The Labute approximate surface area is 174 Å². The second kappa shape index (κ2) is 9.14. The van der Waals surface area contributed by atoms with Crippen LogP contribution in [0.5, 0.6) is 0 Å². The summed E-state index contributed by atoms with van der Waals surface area (Å²) in [7, 11) is -3.67. The van der Waals surface area contributed by atoms with Crippen molar-refractivity contribution in [1.29, 1.82) is 0 Å². The smallest absolute Gasteiger partial charge is 0.248 e. The zero-order valence-electron chi connectivity index (χ0n) is 17.7. The molecular formula is C22H34N2O4S. The maximum atomic E-state index is 13.2. The van der Waals surface area contributed by atoms with Gasteiger partial charge >= 0.3 is 0 Å². The molecule has 162 valence electrons. The van der Waals surface area contributed by atoms with Gasteiger partial charge in [-0.05, 0) is 54.7 Å². The fraction of sp³-hybridized carbons (Fsp3) is 0.682. The number of sulfonamides is 1. The Morgan fingerprint density at radius 1 is 1.14 bits per heavy atom. The minimum absolute atomic E-state index is 0.206. The summed E-state index contributed by atoms with van der Waals surface area (Å²) in [6, 6.07) is 6.55. The van der Waals surface area contributed by atoms with Crippen LogP contribution in [0, 0.1) is 11.8 Å². The second-order valence-electron chi connectivity index (χ2n) is 8.94. The number of carbonyl (C=O) groups is 1. The quantitative estimate of drug-likeness (QED) is 0.542. The molecule has 2 N–H and O–H groups in total. The van der Waals surface area contributed by atoms with Crippen LogP contribution < -0.4 is 5.48 Å². The number of nitrogens with one attached hydrogen (secondary N) is 1. The fourth-order valence-electron chi connectivity index (χ4n) is 5.01. The van der Waals surface area contributed by atoms with Crippen LogP contribution in [0.25, 0.3) is 0 Å². The maximum absolute atomic E-state index is 13.2. The van der Waals surface area contributed by atoms with Crippen LogP contribution in [0.2, 0.25) is 0 Å². The summed E-state index contributed by atoms with van der Waals surface area (Å²) in [4.78, 5) is 12.1. The van der Waals surface area contributed by atoms with Crippen LogP contribution in [0.15, 0.2) is 18.2 Å². The minimum Gasteiger partial charge on any atom is -0.289 e. The Morgan fingerprint density at radius 2 is 1.83 bits per heavy atom. The molecule has 1 fully saturated rings. The number of nitrogens with zero attached hydrogens (tertiary/aromatic N) is 1. The van der Waals surface area contributed by atoms with Crippen molar-refractivity contribution in [2.45, 2.75) is 77.0 Å². The van der Waals surface area contributed by atoms with Gasteiger partial charge in [-0.15, -0.1) is 0 Å². The lowest BCUT2D eigenvalue weighted by Gasteiger charge is -2.34. The van der Waals surface area contributed by atoms with Gasteiger partial charge in [-0.1, -0.05) is 51.3 Å². The van der Waals surface area contributed by atoms with E-state index in [1.807, 2.05) is 0 Å². The second-order valence-corrected chi connectivity index (χ2v) is 11.2. The molecule has 29 heavy (non-hydrogen) atoms. The first kappa shape index (κ1) is 22.2. The first-order valence-electron chi connectivity index (χ1n) is 10.8. The molecule has 0 bridgehead atoms. The Balaban J connectivity index is 1.77. The Bertz CT molecular complexity index is 831. The molecular weight excluding hydrogens is 388 g/mol. The summed E-state index contributed by atoms with van der Waals surface area (Å²) < 4.78 is 28.0. The number of fused-ring (bicyclic) bond motifs is 1. The molecule has 0 spiro atoms. The van der Waals surface area contributed by atoms with E-state index in [0.717, 1.165) is 5.56 Å². The fourth-order valence-corrected chi connectivity index (χ4v) is 6.95. The van der Waals surface area contributed by atoms with Crippen molar-refractivity contribution in [1.82, 2.24) is 9.79 Å². The zero-order valence-corrected chi connectivity index (χ0v) is 18.5. The van der Waals surface area contributed by atoms with E-state index in [1.54, 1.807) is 26.3 Å². The van der Waals surface area contributed by atoms with Gasteiger partial charge in [-0.2, -0.15) is 4.31 Å². The Morgan fingerprint density at radius 3 is 2.45 bits per heavy atom. The average Bonchev–Trinajstić information content (AvgIpc) is 2.73. The topological polar surface area (TPSA) is 86.7 Å². The van der Waals surface area contributed by atoms with Crippen LogP contribution >= 0.6 is 0 Å². The summed E-state index contributed by atoms with van der Waals surface area (Å²) in [5, 5.41) is 8.13. The molecule has 6 nitrogen and oxygen atoms in total. The van der Waals surface area contributed by atoms with Crippen molar-refractivity contribution >= 4 is 15.9 Å². The molecule has 0 radical (unpaired) electrons. The Hall–Kier alpha value is -1.44. The third kappa shape index (κ3) is 4.67. The largest absolute Gasteiger partial charge is 0.289 e. The van der Waals surface area contributed by atoms with Gasteiger partial charge in [0.25, 0.3) is 0 Å². The van der Waals surface area contributed by atoms with Crippen molar-refractivity contribution < 1.29 is 18.4 Å².